The van der Waals surface area contributed by atoms with Crippen LogP contribution in [-0.2, 0) is 11.3 Å². The monoisotopic (exact) mass is 333 g/mol. The molecule has 23 heavy (non-hydrogen) atoms. The van der Waals surface area contributed by atoms with Crippen LogP contribution >= 0.6 is 11.6 Å². The van der Waals surface area contributed by atoms with Crippen LogP contribution in [0.25, 0.3) is 10.9 Å². The molecule has 0 radical (unpaired) electrons. The summed E-state index contributed by atoms with van der Waals surface area (Å²) in [5.41, 5.74) is 0.325. The van der Waals surface area contributed by atoms with Gasteiger partial charge in [-0.1, -0.05) is 37.3 Å². The molecule has 1 fully saturated rings. The number of aromatic nitrogens is 2. The Morgan fingerprint density at radius 2 is 2.00 bits per heavy atom. The summed E-state index contributed by atoms with van der Waals surface area (Å²) in [7, 11) is 0. The van der Waals surface area contributed by atoms with E-state index in [1.165, 1.54) is 23.7 Å². The second-order valence-corrected chi connectivity index (χ2v) is 6.53. The zero-order chi connectivity index (χ0) is 16.2. The maximum atomic E-state index is 12.4. The molecular formula is C17H20ClN3O2. The third kappa shape index (κ3) is 3.91. The van der Waals surface area contributed by atoms with E-state index in [-0.39, 0.29) is 24.1 Å². The lowest BCUT2D eigenvalue weighted by molar-refractivity contribution is -0.122. The standard InChI is InChI=1S/C17H20ClN3O2/c18-12-7-8-14-15(9-12)19-11-21(17(14)23)10-16(22)20-13-5-3-1-2-4-6-13/h7-9,11,13H,1-6,10H2,(H,20,22). The molecule has 1 aromatic carbocycles. The summed E-state index contributed by atoms with van der Waals surface area (Å²) in [6.45, 7) is 0.000893. The minimum atomic E-state index is -0.220. The highest BCUT2D eigenvalue weighted by Crippen LogP contribution is 2.17. The number of amides is 1. The average molecular weight is 334 g/mol. The Labute approximate surface area is 139 Å². The van der Waals surface area contributed by atoms with Crippen molar-refractivity contribution in [2.45, 2.75) is 51.1 Å². The van der Waals surface area contributed by atoms with Gasteiger partial charge in [0.1, 0.15) is 6.54 Å². The van der Waals surface area contributed by atoms with Gasteiger partial charge in [-0.15, -0.1) is 0 Å². The summed E-state index contributed by atoms with van der Waals surface area (Å²) < 4.78 is 1.35. The molecule has 6 heteroatoms. The first-order valence-electron chi connectivity index (χ1n) is 8.07. The van der Waals surface area contributed by atoms with Crippen molar-refractivity contribution >= 4 is 28.4 Å². The van der Waals surface area contributed by atoms with Crippen molar-refractivity contribution in [1.29, 1.82) is 0 Å². The van der Waals surface area contributed by atoms with Gasteiger partial charge in [0.25, 0.3) is 5.56 Å². The van der Waals surface area contributed by atoms with Gasteiger partial charge in [0, 0.05) is 11.1 Å². The largest absolute Gasteiger partial charge is 0.352 e. The normalized spacial score (nSPS) is 16.2. The highest BCUT2D eigenvalue weighted by Gasteiger charge is 2.15. The minimum Gasteiger partial charge on any atom is -0.352 e. The van der Waals surface area contributed by atoms with Crippen LogP contribution in [0.4, 0.5) is 0 Å². The fraction of sp³-hybridized carbons (Fsp3) is 0.471. The van der Waals surface area contributed by atoms with Gasteiger partial charge >= 0.3 is 0 Å². The van der Waals surface area contributed by atoms with Gasteiger partial charge in [-0.3, -0.25) is 14.2 Å². The zero-order valence-corrected chi connectivity index (χ0v) is 13.7. The SMILES string of the molecule is O=C(Cn1cnc2cc(Cl)ccc2c1=O)NC1CCCCCC1. The number of halogens is 1. The fourth-order valence-corrected chi connectivity index (χ4v) is 3.26. The number of nitrogens with zero attached hydrogens (tertiary/aromatic N) is 2. The molecular weight excluding hydrogens is 314 g/mol. The Morgan fingerprint density at radius 1 is 1.26 bits per heavy atom. The second-order valence-electron chi connectivity index (χ2n) is 6.10. The fourth-order valence-electron chi connectivity index (χ4n) is 3.10. The first kappa shape index (κ1) is 16.0. The van der Waals surface area contributed by atoms with Crippen LogP contribution in [-0.4, -0.2) is 21.5 Å². The van der Waals surface area contributed by atoms with Crippen molar-refractivity contribution in [3.8, 4) is 0 Å². The van der Waals surface area contributed by atoms with E-state index in [0.717, 1.165) is 25.7 Å². The van der Waals surface area contributed by atoms with Crippen LogP contribution in [0.2, 0.25) is 5.02 Å². The van der Waals surface area contributed by atoms with Crippen LogP contribution in [0.5, 0.6) is 0 Å². The number of fused-ring (bicyclic) bond motifs is 1. The summed E-state index contributed by atoms with van der Waals surface area (Å²) in [6, 6.07) is 5.18. The van der Waals surface area contributed by atoms with Gasteiger partial charge in [0.05, 0.1) is 17.2 Å². The lowest BCUT2D eigenvalue weighted by Crippen LogP contribution is -2.38. The predicted molar refractivity (Wildman–Crippen MR) is 90.6 cm³/mol. The first-order valence-corrected chi connectivity index (χ1v) is 8.45. The van der Waals surface area contributed by atoms with Gasteiger partial charge in [0.15, 0.2) is 0 Å². The number of carbonyl (C=O) groups excluding carboxylic acids is 1. The van der Waals surface area contributed by atoms with Gasteiger partial charge in [-0.05, 0) is 31.0 Å². The number of hydrogen-bond acceptors (Lipinski definition) is 3. The van der Waals surface area contributed by atoms with Crippen molar-refractivity contribution in [2.75, 3.05) is 0 Å². The minimum absolute atomic E-state index is 0.000893. The topological polar surface area (TPSA) is 64.0 Å². The van der Waals surface area contributed by atoms with E-state index in [9.17, 15) is 9.59 Å². The number of rotatable bonds is 3. The maximum Gasteiger partial charge on any atom is 0.261 e. The third-order valence-electron chi connectivity index (χ3n) is 4.32. The summed E-state index contributed by atoms with van der Waals surface area (Å²) >= 11 is 5.90. The molecule has 1 aliphatic rings. The number of hydrogen-bond donors (Lipinski definition) is 1. The Hall–Kier alpha value is -1.88. The summed E-state index contributed by atoms with van der Waals surface area (Å²) in [5.74, 6) is -0.130. The molecule has 2 aromatic rings. The van der Waals surface area contributed by atoms with Gasteiger partial charge in [0.2, 0.25) is 5.91 Å². The van der Waals surface area contributed by atoms with E-state index < -0.39 is 0 Å². The van der Waals surface area contributed by atoms with Crippen molar-refractivity contribution in [1.82, 2.24) is 14.9 Å². The van der Waals surface area contributed by atoms with E-state index in [1.54, 1.807) is 18.2 Å². The molecule has 0 spiro atoms. The highest BCUT2D eigenvalue weighted by molar-refractivity contribution is 6.31. The van der Waals surface area contributed by atoms with Gasteiger partial charge < -0.3 is 5.32 Å². The Balaban J connectivity index is 1.73. The lowest BCUT2D eigenvalue weighted by Gasteiger charge is -2.16. The quantitative estimate of drug-likeness (QED) is 0.878. The average Bonchev–Trinajstić information content (AvgIpc) is 2.78. The second kappa shape index (κ2) is 7.13. The highest BCUT2D eigenvalue weighted by atomic mass is 35.5. The molecule has 122 valence electrons. The van der Waals surface area contributed by atoms with Crippen LogP contribution in [0, 0.1) is 0 Å². The lowest BCUT2D eigenvalue weighted by atomic mass is 10.1. The molecule has 1 aromatic heterocycles. The Kier molecular flexibility index (Phi) is 4.96. The number of carbonyl (C=O) groups is 1. The van der Waals surface area contributed by atoms with Crippen molar-refractivity contribution < 1.29 is 4.79 Å². The van der Waals surface area contributed by atoms with E-state index in [1.807, 2.05) is 0 Å². The van der Waals surface area contributed by atoms with Crippen LogP contribution in [0.3, 0.4) is 0 Å². The van der Waals surface area contributed by atoms with Crippen molar-refractivity contribution in [2.24, 2.45) is 0 Å². The molecule has 1 saturated carbocycles. The molecule has 1 heterocycles. The van der Waals surface area contributed by atoms with Crippen LogP contribution in [0.1, 0.15) is 38.5 Å². The van der Waals surface area contributed by atoms with Crippen molar-refractivity contribution in [3.05, 3.63) is 39.9 Å². The van der Waals surface area contributed by atoms with E-state index in [2.05, 4.69) is 10.3 Å². The zero-order valence-electron chi connectivity index (χ0n) is 12.9. The Bertz CT molecular complexity index is 764. The summed E-state index contributed by atoms with van der Waals surface area (Å²) in [5, 5.41) is 4.05. The molecule has 5 nitrogen and oxygen atoms in total. The molecule has 1 amide bonds. The van der Waals surface area contributed by atoms with Gasteiger partial charge in [-0.25, -0.2) is 4.98 Å². The summed E-state index contributed by atoms with van der Waals surface area (Å²) in [4.78, 5) is 28.9. The molecule has 0 atom stereocenters. The molecule has 0 bridgehead atoms. The van der Waals surface area contributed by atoms with Crippen LogP contribution < -0.4 is 10.9 Å². The van der Waals surface area contributed by atoms with Gasteiger partial charge in [-0.2, -0.15) is 0 Å². The summed E-state index contributed by atoms with van der Waals surface area (Å²) in [6.07, 6.45) is 8.25. The van der Waals surface area contributed by atoms with Crippen molar-refractivity contribution in [3.63, 3.8) is 0 Å². The molecule has 1 aliphatic carbocycles. The Morgan fingerprint density at radius 3 is 2.74 bits per heavy atom. The van der Waals surface area contributed by atoms with E-state index in [4.69, 9.17) is 11.6 Å². The number of benzene rings is 1. The maximum absolute atomic E-state index is 12.4. The predicted octanol–water partition coefficient (Wildman–Crippen LogP) is 2.89. The molecule has 1 N–H and O–H groups in total. The first-order chi connectivity index (χ1) is 11.1. The molecule has 0 unspecified atom stereocenters. The molecule has 0 saturated heterocycles. The van der Waals surface area contributed by atoms with E-state index in [0.29, 0.717) is 15.9 Å². The molecule has 0 aliphatic heterocycles. The third-order valence-corrected chi connectivity index (χ3v) is 4.56. The number of nitrogens with one attached hydrogen (secondary N) is 1. The smallest absolute Gasteiger partial charge is 0.261 e. The van der Waals surface area contributed by atoms with E-state index >= 15 is 0 Å². The van der Waals surface area contributed by atoms with Crippen LogP contribution in [0.15, 0.2) is 29.3 Å². The molecule has 3 rings (SSSR count).